The lowest BCUT2D eigenvalue weighted by Crippen LogP contribution is -2.35. The van der Waals surface area contributed by atoms with E-state index in [0.717, 1.165) is 49.0 Å². The highest BCUT2D eigenvalue weighted by molar-refractivity contribution is 7.99. The maximum Gasteiger partial charge on any atom is 0.263 e. The second-order valence-electron chi connectivity index (χ2n) is 7.91. The molecule has 152 valence electrons. The standard InChI is InChI=1S/C21H29N3O2S2/c1-3-11-23(12-14-9-10-14)17(25)13-27-21-22-19-18(20(26)24(21)4-2)15-7-5-6-8-16(15)28-19/h14H,3-13H2,1-2H3. The molecular formula is C21H29N3O2S2. The molecular weight excluding hydrogens is 390 g/mol. The van der Waals surface area contributed by atoms with Crippen molar-refractivity contribution < 1.29 is 4.79 Å². The maximum absolute atomic E-state index is 13.2. The molecule has 1 fully saturated rings. The van der Waals surface area contributed by atoms with Gasteiger partial charge in [-0.3, -0.25) is 14.2 Å². The average Bonchev–Trinajstić information content (AvgIpc) is 3.43. The summed E-state index contributed by atoms with van der Waals surface area (Å²) in [6.45, 7) is 6.39. The number of carbonyl (C=O) groups is 1. The molecule has 0 saturated heterocycles. The molecule has 5 nitrogen and oxygen atoms in total. The van der Waals surface area contributed by atoms with E-state index in [9.17, 15) is 9.59 Å². The van der Waals surface area contributed by atoms with E-state index in [2.05, 4.69) is 6.92 Å². The van der Waals surface area contributed by atoms with Crippen LogP contribution in [-0.4, -0.2) is 39.2 Å². The third kappa shape index (κ3) is 4.01. The predicted octanol–water partition coefficient (Wildman–Crippen LogP) is 4.10. The zero-order chi connectivity index (χ0) is 19.7. The Bertz CT molecular complexity index is 930. The van der Waals surface area contributed by atoms with Crippen molar-refractivity contribution in [2.45, 2.75) is 70.5 Å². The van der Waals surface area contributed by atoms with E-state index < -0.39 is 0 Å². The highest BCUT2D eigenvalue weighted by Crippen LogP contribution is 2.35. The lowest BCUT2D eigenvalue weighted by atomic mass is 9.97. The van der Waals surface area contributed by atoms with Gasteiger partial charge in [0, 0.05) is 24.5 Å². The van der Waals surface area contributed by atoms with Crippen LogP contribution in [-0.2, 0) is 24.2 Å². The Balaban J connectivity index is 1.57. The minimum Gasteiger partial charge on any atom is -0.342 e. The van der Waals surface area contributed by atoms with E-state index in [0.29, 0.717) is 23.4 Å². The van der Waals surface area contributed by atoms with Crippen molar-refractivity contribution in [1.29, 1.82) is 0 Å². The third-order valence-electron chi connectivity index (χ3n) is 5.70. The Labute approximate surface area is 174 Å². The van der Waals surface area contributed by atoms with Gasteiger partial charge in [0.2, 0.25) is 5.91 Å². The third-order valence-corrected chi connectivity index (χ3v) is 7.85. The van der Waals surface area contributed by atoms with Gasteiger partial charge in [0.15, 0.2) is 5.16 Å². The molecule has 0 radical (unpaired) electrons. The summed E-state index contributed by atoms with van der Waals surface area (Å²) in [6.07, 6.45) is 7.89. The average molecular weight is 420 g/mol. The molecule has 2 aliphatic carbocycles. The minimum absolute atomic E-state index is 0.0743. The number of hydrogen-bond acceptors (Lipinski definition) is 5. The molecule has 1 saturated carbocycles. The van der Waals surface area contributed by atoms with Gasteiger partial charge in [-0.2, -0.15) is 0 Å². The summed E-state index contributed by atoms with van der Waals surface area (Å²) in [5.41, 5.74) is 1.31. The Morgan fingerprint density at radius 2 is 2.07 bits per heavy atom. The number of aromatic nitrogens is 2. The van der Waals surface area contributed by atoms with Gasteiger partial charge in [0.05, 0.1) is 11.1 Å². The first-order valence-electron chi connectivity index (χ1n) is 10.6. The summed E-state index contributed by atoms with van der Waals surface area (Å²) in [5.74, 6) is 1.22. The van der Waals surface area contributed by atoms with Crippen LogP contribution in [0, 0.1) is 5.92 Å². The Kier molecular flexibility index (Phi) is 6.11. The van der Waals surface area contributed by atoms with E-state index in [1.54, 1.807) is 15.9 Å². The van der Waals surface area contributed by atoms with Gasteiger partial charge in [0.1, 0.15) is 4.83 Å². The van der Waals surface area contributed by atoms with Crippen LogP contribution in [0.15, 0.2) is 9.95 Å². The summed E-state index contributed by atoms with van der Waals surface area (Å²) in [4.78, 5) is 35.0. The topological polar surface area (TPSA) is 55.2 Å². The summed E-state index contributed by atoms with van der Waals surface area (Å²) in [5, 5.41) is 1.52. The largest absolute Gasteiger partial charge is 0.342 e. The number of aryl methyl sites for hydroxylation is 2. The van der Waals surface area contributed by atoms with Crippen LogP contribution in [0.1, 0.15) is 56.4 Å². The van der Waals surface area contributed by atoms with Crippen LogP contribution in [0.5, 0.6) is 0 Å². The summed E-state index contributed by atoms with van der Waals surface area (Å²) in [6, 6.07) is 0. The molecule has 28 heavy (non-hydrogen) atoms. The molecule has 7 heteroatoms. The maximum atomic E-state index is 13.2. The fraction of sp³-hybridized carbons (Fsp3) is 0.667. The van der Waals surface area contributed by atoms with Crippen LogP contribution in [0.3, 0.4) is 0 Å². The molecule has 2 aromatic heterocycles. The molecule has 0 aliphatic heterocycles. The van der Waals surface area contributed by atoms with Crippen molar-refractivity contribution in [3.8, 4) is 0 Å². The SMILES string of the molecule is CCCN(CC1CC1)C(=O)CSc1nc2sc3c(c2c(=O)n1CC)CCCC3. The summed E-state index contributed by atoms with van der Waals surface area (Å²) >= 11 is 3.10. The molecule has 2 aromatic rings. The second-order valence-corrected chi connectivity index (χ2v) is 9.93. The summed E-state index contributed by atoms with van der Waals surface area (Å²) < 4.78 is 1.76. The predicted molar refractivity (Wildman–Crippen MR) is 117 cm³/mol. The minimum atomic E-state index is 0.0743. The van der Waals surface area contributed by atoms with E-state index in [4.69, 9.17) is 4.98 Å². The normalized spacial score (nSPS) is 16.4. The molecule has 0 bridgehead atoms. The zero-order valence-electron chi connectivity index (χ0n) is 16.8. The summed E-state index contributed by atoms with van der Waals surface area (Å²) in [7, 11) is 0. The molecule has 2 heterocycles. The van der Waals surface area contributed by atoms with E-state index in [1.165, 1.54) is 41.5 Å². The van der Waals surface area contributed by atoms with Crippen molar-refractivity contribution in [1.82, 2.24) is 14.5 Å². The van der Waals surface area contributed by atoms with Gasteiger partial charge in [0.25, 0.3) is 5.56 Å². The smallest absolute Gasteiger partial charge is 0.263 e. The molecule has 0 spiro atoms. The monoisotopic (exact) mass is 419 g/mol. The number of carbonyl (C=O) groups excluding carboxylic acids is 1. The zero-order valence-corrected chi connectivity index (χ0v) is 18.5. The van der Waals surface area contributed by atoms with Crippen molar-refractivity contribution in [3.63, 3.8) is 0 Å². The molecule has 0 aromatic carbocycles. The number of hydrogen-bond donors (Lipinski definition) is 0. The molecule has 1 amide bonds. The number of amides is 1. The number of rotatable bonds is 8. The Morgan fingerprint density at radius 1 is 1.29 bits per heavy atom. The van der Waals surface area contributed by atoms with Gasteiger partial charge in [-0.25, -0.2) is 4.98 Å². The number of fused-ring (bicyclic) bond motifs is 3. The van der Waals surface area contributed by atoms with E-state index in [1.807, 2.05) is 11.8 Å². The van der Waals surface area contributed by atoms with Crippen LogP contribution in [0.25, 0.3) is 10.2 Å². The van der Waals surface area contributed by atoms with Crippen LogP contribution in [0.2, 0.25) is 0 Å². The van der Waals surface area contributed by atoms with Crippen molar-refractivity contribution in [3.05, 3.63) is 20.8 Å². The molecule has 0 unspecified atom stereocenters. The van der Waals surface area contributed by atoms with Crippen LogP contribution in [0.4, 0.5) is 0 Å². The van der Waals surface area contributed by atoms with Crippen molar-refractivity contribution >= 4 is 39.2 Å². The van der Waals surface area contributed by atoms with Crippen LogP contribution >= 0.6 is 23.1 Å². The second kappa shape index (κ2) is 8.57. The van der Waals surface area contributed by atoms with E-state index >= 15 is 0 Å². The van der Waals surface area contributed by atoms with Gasteiger partial charge in [-0.15, -0.1) is 11.3 Å². The van der Waals surface area contributed by atoms with Gasteiger partial charge < -0.3 is 4.90 Å². The lowest BCUT2D eigenvalue weighted by molar-refractivity contribution is -0.128. The van der Waals surface area contributed by atoms with Gasteiger partial charge in [-0.05, 0) is 63.4 Å². The molecule has 2 aliphatic rings. The van der Waals surface area contributed by atoms with Crippen molar-refractivity contribution in [2.75, 3.05) is 18.8 Å². The molecule has 4 rings (SSSR count). The van der Waals surface area contributed by atoms with Crippen molar-refractivity contribution in [2.24, 2.45) is 5.92 Å². The fourth-order valence-electron chi connectivity index (χ4n) is 4.03. The quantitative estimate of drug-likeness (QED) is 0.478. The fourth-order valence-corrected chi connectivity index (χ4v) is 6.29. The first-order valence-corrected chi connectivity index (χ1v) is 12.4. The number of nitrogens with zero attached hydrogens (tertiary/aromatic N) is 3. The molecule has 0 N–H and O–H groups in total. The van der Waals surface area contributed by atoms with Gasteiger partial charge in [-0.1, -0.05) is 18.7 Å². The lowest BCUT2D eigenvalue weighted by Gasteiger charge is -2.22. The van der Waals surface area contributed by atoms with E-state index in [-0.39, 0.29) is 11.5 Å². The first kappa shape index (κ1) is 20.0. The highest BCUT2D eigenvalue weighted by atomic mass is 32.2. The molecule has 0 atom stereocenters. The first-order chi connectivity index (χ1) is 13.6. The Hall–Kier alpha value is -1.34. The van der Waals surface area contributed by atoms with Gasteiger partial charge >= 0.3 is 0 Å². The van der Waals surface area contributed by atoms with Crippen LogP contribution < -0.4 is 5.56 Å². The number of thiophene rings is 1. The highest BCUT2D eigenvalue weighted by Gasteiger charge is 2.27. The number of thioether (sulfide) groups is 1. The Morgan fingerprint density at radius 3 is 2.79 bits per heavy atom.